The molecule has 41 heavy (non-hydrogen) atoms. The van der Waals surface area contributed by atoms with Crippen molar-refractivity contribution in [2.24, 2.45) is 17.0 Å². The number of thiazole rings is 1. The van der Waals surface area contributed by atoms with Crippen LogP contribution in [-0.2, 0) is 28.0 Å². The number of halogens is 2. The molecule has 4 aromatic rings. The van der Waals surface area contributed by atoms with Gasteiger partial charge in [0.15, 0.2) is 22.5 Å². The number of carboxylic acids is 1. The first-order valence-corrected chi connectivity index (χ1v) is 15.3. The van der Waals surface area contributed by atoms with Gasteiger partial charge in [0, 0.05) is 28.5 Å². The number of carboxylic acid groups (broad SMARTS) is 1. The maximum Gasteiger partial charge on any atom is 0.355 e. The van der Waals surface area contributed by atoms with Crippen LogP contribution in [-0.4, -0.2) is 31.3 Å². The fourth-order valence-corrected chi connectivity index (χ4v) is 5.99. The summed E-state index contributed by atoms with van der Waals surface area (Å²) in [5.41, 5.74) is 4.00. The summed E-state index contributed by atoms with van der Waals surface area (Å²) in [5.74, 6) is -1.17. The van der Waals surface area contributed by atoms with Gasteiger partial charge in [0.1, 0.15) is 5.82 Å². The topological polar surface area (TPSA) is 141 Å². The third-order valence-corrected chi connectivity index (χ3v) is 8.88. The minimum Gasteiger partial charge on any atom is -0.870 e. The number of hydrogen-bond donors (Lipinski definition) is 2. The SMILES string of the molecule is N[SH+](=O)c1ccc(Cc2c(-c3ccc(F)c(/C=C/C4CC4)c3)nn(-c3nc(C(=O)O)cs3)c2CC2CC2)cc1F.[OH-]. The van der Waals surface area contributed by atoms with Crippen molar-refractivity contribution in [3.05, 3.63) is 87.6 Å². The minimum atomic E-state index is -2.32. The molecular weight excluding hydrogens is 570 g/mol. The van der Waals surface area contributed by atoms with E-state index in [0.717, 1.165) is 36.9 Å². The fourth-order valence-electron chi connectivity index (χ4n) is 4.72. The quantitative estimate of drug-likeness (QED) is 0.177. The van der Waals surface area contributed by atoms with Crippen molar-refractivity contribution in [2.75, 3.05) is 0 Å². The molecule has 2 aliphatic rings. The Morgan fingerprint density at radius 1 is 1.15 bits per heavy atom. The van der Waals surface area contributed by atoms with Gasteiger partial charge in [-0.15, -0.1) is 16.5 Å². The number of nitrogens with zero attached hydrogens (tertiary/aromatic N) is 3. The van der Waals surface area contributed by atoms with Crippen LogP contribution in [0, 0.1) is 23.5 Å². The number of allylic oxidation sites excluding steroid dienone is 1. The van der Waals surface area contributed by atoms with Crippen molar-refractivity contribution in [3.63, 3.8) is 0 Å². The number of benzene rings is 2. The van der Waals surface area contributed by atoms with Gasteiger partial charge >= 0.3 is 5.97 Å². The molecule has 0 bridgehead atoms. The van der Waals surface area contributed by atoms with E-state index >= 15 is 0 Å². The maximum absolute atomic E-state index is 14.8. The molecule has 2 aliphatic carbocycles. The van der Waals surface area contributed by atoms with Crippen LogP contribution >= 0.6 is 11.3 Å². The molecule has 214 valence electrons. The first kappa shape index (κ1) is 28.9. The first-order chi connectivity index (χ1) is 19.3. The molecular formula is C29H28F2N4O4S2. The summed E-state index contributed by atoms with van der Waals surface area (Å²) < 4.78 is 42.9. The smallest absolute Gasteiger partial charge is 0.355 e. The monoisotopic (exact) mass is 598 g/mol. The second kappa shape index (κ2) is 11.7. The summed E-state index contributed by atoms with van der Waals surface area (Å²) in [6.45, 7) is 0. The van der Waals surface area contributed by atoms with Crippen molar-refractivity contribution >= 4 is 34.4 Å². The second-order valence-electron chi connectivity index (χ2n) is 10.4. The zero-order valence-corrected chi connectivity index (χ0v) is 23.5. The lowest BCUT2D eigenvalue weighted by Gasteiger charge is -2.09. The molecule has 2 aromatic heterocycles. The van der Waals surface area contributed by atoms with Gasteiger partial charge in [-0.05, 0) is 79.8 Å². The Kier molecular flexibility index (Phi) is 8.28. The van der Waals surface area contributed by atoms with E-state index in [9.17, 15) is 22.9 Å². The Bertz CT molecular complexity index is 1680. The van der Waals surface area contributed by atoms with Gasteiger partial charge in [-0.3, -0.25) is 0 Å². The summed E-state index contributed by atoms with van der Waals surface area (Å²) in [6.07, 6.45) is 9.17. The second-order valence-corrected chi connectivity index (χ2v) is 12.3. The lowest BCUT2D eigenvalue weighted by atomic mass is 9.96. The van der Waals surface area contributed by atoms with Gasteiger partial charge in [0.05, 0.1) is 11.4 Å². The number of hydrogen-bond acceptors (Lipinski definition) is 6. The number of aromatic nitrogens is 3. The Morgan fingerprint density at radius 3 is 2.56 bits per heavy atom. The molecule has 4 N–H and O–H groups in total. The van der Waals surface area contributed by atoms with Crippen LogP contribution in [0.5, 0.6) is 0 Å². The van der Waals surface area contributed by atoms with Gasteiger partial charge in [-0.1, -0.05) is 22.4 Å². The summed E-state index contributed by atoms with van der Waals surface area (Å²) in [6, 6.07) is 9.32. The lowest BCUT2D eigenvalue weighted by Crippen LogP contribution is -2.07. The summed E-state index contributed by atoms with van der Waals surface area (Å²) in [4.78, 5) is 15.8. The van der Waals surface area contributed by atoms with E-state index in [1.807, 2.05) is 6.08 Å². The highest BCUT2D eigenvalue weighted by atomic mass is 32.2. The highest BCUT2D eigenvalue weighted by Crippen LogP contribution is 2.39. The largest absolute Gasteiger partial charge is 0.870 e. The van der Waals surface area contributed by atoms with Gasteiger partial charge in [0.25, 0.3) is 0 Å². The number of nitrogens with two attached hydrogens (primary N) is 1. The number of aromatic carboxylic acids is 1. The Morgan fingerprint density at radius 2 is 1.93 bits per heavy atom. The zero-order chi connectivity index (χ0) is 28.0. The number of thiol groups is 1. The van der Waals surface area contributed by atoms with E-state index in [-0.39, 0.29) is 21.9 Å². The van der Waals surface area contributed by atoms with Crippen LogP contribution in [0.3, 0.4) is 0 Å². The number of rotatable bonds is 10. The lowest BCUT2D eigenvalue weighted by molar-refractivity contribution is 0.0691. The average molecular weight is 599 g/mol. The van der Waals surface area contributed by atoms with Crippen LogP contribution < -0.4 is 5.14 Å². The van der Waals surface area contributed by atoms with E-state index in [4.69, 9.17) is 10.2 Å². The van der Waals surface area contributed by atoms with Crippen molar-refractivity contribution in [1.29, 1.82) is 0 Å². The maximum atomic E-state index is 14.8. The van der Waals surface area contributed by atoms with Crippen molar-refractivity contribution in [1.82, 2.24) is 14.8 Å². The average Bonchev–Trinajstić information content (AvgIpc) is 3.84. The molecule has 0 amide bonds. The van der Waals surface area contributed by atoms with Crippen LogP contribution in [0.1, 0.15) is 58.6 Å². The van der Waals surface area contributed by atoms with E-state index in [2.05, 4.69) is 4.98 Å². The normalized spacial score (nSPS) is 15.7. The van der Waals surface area contributed by atoms with Gasteiger partial charge in [-0.25, -0.2) is 23.2 Å². The highest BCUT2D eigenvalue weighted by molar-refractivity contribution is 7.82. The predicted octanol–water partition coefficient (Wildman–Crippen LogP) is 5.69. The third-order valence-electron chi connectivity index (χ3n) is 7.23. The van der Waals surface area contributed by atoms with Crippen molar-refractivity contribution in [3.8, 4) is 16.4 Å². The number of carbonyl (C=O) groups is 1. The molecule has 6 rings (SSSR count). The predicted molar refractivity (Wildman–Crippen MR) is 153 cm³/mol. The molecule has 2 heterocycles. The van der Waals surface area contributed by atoms with Crippen LogP contribution in [0.2, 0.25) is 0 Å². The van der Waals surface area contributed by atoms with E-state index < -0.39 is 22.8 Å². The van der Waals surface area contributed by atoms with Gasteiger partial charge in [-0.2, -0.15) is 5.10 Å². The van der Waals surface area contributed by atoms with Crippen molar-refractivity contribution < 1.29 is 28.4 Å². The van der Waals surface area contributed by atoms with E-state index in [0.29, 0.717) is 52.2 Å². The standard InChI is InChI=1S/C29H26F2N4O3S2.H2O/c30-22-9-8-20(14-19(22)7-5-16-1-2-16)27-21(11-18-6-10-26(40(32)38)23(31)12-18)25(13-17-3-4-17)35(34-27)29-33-24(15-39-29)28(36)37;/h5-10,12,14-17H,1-4,11,13H2,(H2,32,38)(H,36,37);1H2/b7-5+;. The Labute approximate surface area is 241 Å². The molecule has 0 aliphatic heterocycles. The first-order valence-electron chi connectivity index (χ1n) is 13.0. The molecule has 2 saturated carbocycles. The zero-order valence-electron chi connectivity index (χ0n) is 21.8. The van der Waals surface area contributed by atoms with Gasteiger partial charge < -0.3 is 10.6 Å². The summed E-state index contributed by atoms with van der Waals surface area (Å²) >= 11 is 1.18. The Balaban J connectivity index is 0.00000337. The molecule has 12 heteroatoms. The van der Waals surface area contributed by atoms with Crippen molar-refractivity contribution in [2.45, 2.75) is 43.4 Å². The Hall–Kier alpha value is -3.58. The molecule has 2 aromatic carbocycles. The molecule has 0 radical (unpaired) electrons. The molecule has 0 spiro atoms. The van der Waals surface area contributed by atoms with Gasteiger partial charge in [0.2, 0.25) is 10.0 Å². The van der Waals surface area contributed by atoms with Crippen LogP contribution in [0.15, 0.2) is 52.7 Å². The summed E-state index contributed by atoms with van der Waals surface area (Å²) in [5, 5.41) is 21.7. The molecule has 8 nitrogen and oxygen atoms in total. The molecule has 1 atom stereocenters. The van der Waals surface area contributed by atoms with E-state index in [1.165, 1.54) is 34.9 Å². The van der Waals surface area contributed by atoms with E-state index in [1.54, 1.807) is 29.0 Å². The van der Waals surface area contributed by atoms with Crippen LogP contribution in [0.4, 0.5) is 8.78 Å². The molecule has 1 unspecified atom stereocenters. The minimum absolute atomic E-state index is 0. The third kappa shape index (κ3) is 6.35. The fraction of sp³-hybridized carbons (Fsp3) is 0.276. The molecule has 2 fully saturated rings. The summed E-state index contributed by atoms with van der Waals surface area (Å²) in [7, 11) is -2.32. The molecule has 0 saturated heterocycles. The highest BCUT2D eigenvalue weighted by Gasteiger charge is 2.30. The van der Waals surface area contributed by atoms with Crippen LogP contribution in [0.25, 0.3) is 22.5 Å².